The molecule has 0 amide bonds. The van der Waals surface area contributed by atoms with Crippen molar-refractivity contribution in [1.82, 2.24) is 4.90 Å². The minimum Gasteiger partial charge on any atom is -0.494 e. The quantitative estimate of drug-likeness (QED) is 0.619. The first-order valence-electron chi connectivity index (χ1n) is 7.84. The Morgan fingerprint density at radius 1 is 1.10 bits per heavy atom. The summed E-state index contributed by atoms with van der Waals surface area (Å²) in [5.41, 5.74) is 1.13. The lowest BCUT2D eigenvalue weighted by molar-refractivity contribution is 0.304. The molecule has 114 valence electrons. The fourth-order valence-corrected chi connectivity index (χ4v) is 2.02. The molecule has 0 unspecified atom stereocenters. The van der Waals surface area contributed by atoms with Gasteiger partial charge in [-0.1, -0.05) is 38.7 Å². The smallest absolute Gasteiger partial charge is 0.121 e. The molecule has 1 aromatic rings. The van der Waals surface area contributed by atoms with E-state index in [0.717, 1.165) is 37.6 Å². The summed E-state index contributed by atoms with van der Waals surface area (Å²) < 4.78 is 5.80. The zero-order chi connectivity index (χ0) is 14.6. The van der Waals surface area contributed by atoms with E-state index in [4.69, 9.17) is 4.74 Å². The van der Waals surface area contributed by atoms with Crippen LogP contribution in [0, 0.1) is 0 Å². The molecule has 0 saturated heterocycles. The number of unbranched alkanes of at least 4 members (excludes halogenated alkanes) is 4. The Hall–Kier alpha value is -1.22. The molecule has 1 aromatic carbocycles. The molecule has 0 aliphatic heterocycles. The van der Waals surface area contributed by atoms with Crippen molar-refractivity contribution in [3.05, 3.63) is 24.3 Å². The van der Waals surface area contributed by atoms with Gasteiger partial charge in [-0.3, -0.25) is 0 Å². The highest BCUT2D eigenvalue weighted by Gasteiger charge is 1.97. The highest BCUT2D eigenvalue weighted by atomic mass is 16.5. The number of nitrogens with one attached hydrogen (secondary N) is 1. The van der Waals surface area contributed by atoms with Crippen LogP contribution in [0.15, 0.2) is 24.3 Å². The molecule has 0 fully saturated rings. The number of rotatable bonds is 11. The molecule has 1 N–H and O–H groups in total. The minimum absolute atomic E-state index is 0.824. The van der Waals surface area contributed by atoms with Gasteiger partial charge in [0.1, 0.15) is 5.75 Å². The molecule has 0 aromatic heterocycles. The van der Waals surface area contributed by atoms with Gasteiger partial charge in [0.2, 0.25) is 0 Å². The fraction of sp³-hybridized carbons (Fsp3) is 0.647. The summed E-state index contributed by atoms with van der Waals surface area (Å²) in [5.74, 6) is 0.968. The normalized spacial score (nSPS) is 10.8. The van der Waals surface area contributed by atoms with E-state index < -0.39 is 0 Å². The highest BCUT2D eigenvalue weighted by molar-refractivity contribution is 5.48. The maximum atomic E-state index is 5.80. The summed E-state index contributed by atoms with van der Waals surface area (Å²) in [7, 11) is 4.17. The van der Waals surface area contributed by atoms with Crippen LogP contribution in [-0.4, -0.2) is 38.7 Å². The second kappa shape index (κ2) is 10.6. The zero-order valence-corrected chi connectivity index (χ0v) is 13.3. The number of likely N-dealkylation sites (N-methyl/N-ethyl adjacent to an activating group) is 1. The molecular formula is C17H30N2O. The molecule has 0 radical (unpaired) electrons. The summed E-state index contributed by atoms with van der Waals surface area (Å²) in [6.45, 7) is 5.05. The lowest BCUT2D eigenvalue weighted by atomic mass is 10.2. The maximum absolute atomic E-state index is 5.80. The molecule has 0 saturated carbocycles. The van der Waals surface area contributed by atoms with Crippen LogP contribution in [0.4, 0.5) is 5.69 Å². The summed E-state index contributed by atoms with van der Waals surface area (Å²) in [6.07, 6.45) is 6.38. The fourth-order valence-electron chi connectivity index (χ4n) is 2.02. The first-order chi connectivity index (χ1) is 9.72. The van der Waals surface area contributed by atoms with E-state index in [1.54, 1.807) is 0 Å². The van der Waals surface area contributed by atoms with E-state index in [-0.39, 0.29) is 0 Å². The maximum Gasteiger partial charge on any atom is 0.121 e. The Bertz CT molecular complexity index is 353. The van der Waals surface area contributed by atoms with Crippen LogP contribution < -0.4 is 10.1 Å². The van der Waals surface area contributed by atoms with Crippen LogP contribution in [0.3, 0.4) is 0 Å². The Kier molecular flexibility index (Phi) is 8.88. The van der Waals surface area contributed by atoms with Crippen LogP contribution in [-0.2, 0) is 0 Å². The number of benzene rings is 1. The SMILES string of the molecule is CCCCCCCOc1cccc(NCCN(C)C)c1. The molecule has 0 atom stereocenters. The van der Waals surface area contributed by atoms with Crippen molar-refractivity contribution < 1.29 is 4.74 Å². The first kappa shape index (κ1) is 16.8. The van der Waals surface area contributed by atoms with Gasteiger partial charge in [0, 0.05) is 24.8 Å². The third-order valence-corrected chi connectivity index (χ3v) is 3.24. The average molecular weight is 278 g/mol. The van der Waals surface area contributed by atoms with Gasteiger partial charge in [0.05, 0.1) is 6.61 Å². The van der Waals surface area contributed by atoms with Crippen LogP contribution in [0.5, 0.6) is 5.75 Å². The molecule has 20 heavy (non-hydrogen) atoms. The standard InChI is InChI=1S/C17H30N2O/c1-4-5-6-7-8-14-20-17-11-9-10-16(15-17)18-12-13-19(2)3/h9-11,15,18H,4-8,12-14H2,1-3H3. The third kappa shape index (κ3) is 8.05. The van der Waals surface area contributed by atoms with Crippen molar-refractivity contribution >= 4 is 5.69 Å². The molecule has 3 heteroatoms. The molecule has 0 aliphatic rings. The predicted octanol–water partition coefficient (Wildman–Crippen LogP) is 4.01. The molecule has 0 bridgehead atoms. The van der Waals surface area contributed by atoms with Crippen molar-refractivity contribution in [2.24, 2.45) is 0 Å². The summed E-state index contributed by atoms with van der Waals surface area (Å²) in [4.78, 5) is 2.17. The summed E-state index contributed by atoms with van der Waals surface area (Å²) in [6, 6.07) is 8.25. The van der Waals surface area contributed by atoms with Crippen LogP contribution >= 0.6 is 0 Å². The van der Waals surface area contributed by atoms with Crippen molar-refractivity contribution in [2.75, 3.05) is 39.1 Å². The predicted molar refractivity (Wildman–Crippen MR) is 87.7 cm³/mol. The monoisotopic (exact) mass is 278 g/mol. The van der Waals surface area contributed by atoms with Gasteiger partial charge in [-0.05, 0) is 32.6 Å². The zero-order valence-electron chi connectivity index (χ0n) is 13.3. The first-order valence-corrected chi connectivity index (χ1v) is 7.84. The summed E-state index contributed by atoms with van der Waals surface area (Å²) >= 11 is 0. The van der Waals surface area contributed by atoms with E-state index in [9.17, 15) is 0 Å². The van der Waals surface area contributed by atoms with Gasteiger partial charge < -0.3 is 15.0 Å². The highest BCUT2D eigenvalue weighted by Crippen LogP contribution is 2.17. The third-order valence-electron chi connectivity index (χ3n) is 3.24. The van der Waals surface area contributed by atoms with Crippen LogP contribution in [0.25, 0.3) is 0 Å². The van der Waals surface area contributed by atoms with Gasteiger partial charge >= 0.3 is 0 Å². The van der Waals surface area contributed by atoms with E-state index >= 15 is 0 Å². The lowest BCUT2D eigenvalue weighted by Gasteiger charge is -2.12. The van der Waals surface area contributed by atoms with Gasteiger partial charge in [0.15, 0.2) is 0 Å². The minimum atomic E-state index is 0.824. The number of hydrogen-bond acceptors (Lipinski definition) is 3. The van der Waals surface area contributed by atoms with Crippen molar-refractivity contribution in [3.63, 3.8) is 0 Å². The second-order valence-electron chi connectivity index (χ2n) is 5.52. The van der Waals surface area contributed by atoms with Crippen molar-refractivity contribution in [1.29, 1.82) is 0 Å². The Labute approximate surface area is 124 Å². The number of anilines is 1. The number of hydrogen-bond donors (Lipinski definition) is 1. The molecular weight excluding hydrogens is 248 g/mol. The van der Waals surface area contributed by atoms with Crippen molar-refractivity contribution in [3.8, 4) is 5.75 Å². The lowest BCUT2D eigenvalue weighted by Crippen LogP contribution is -2.20. The second-order valence-corrected chi connectivity index (χ2v) is 5.52. The van der Waals surface area contributed by atoms with E-state index in [1.165, 1.54) is 25.7 Å². The van der Waals surface area contributed by atoms with E-state index in [1.807, 2.05) is 12.1 Å². The topological polar surface area (TPSA) is 24.5 Å². The molecule has 0 spiro atoms. The molecule has 0 heterocycles. The van der Waals surface area contributed by atoms with Gasteiger partial charge in [-0.25, -0.2) is 0 Å². The van der Waals surface area contributed by atoms with Gasteiger partial charge in [0.25, 0.3) is 0 Å². The van der Waals surface area contributed by atoms with Gasteiger partial charge in [-0.2, -0.15) is 0 Å². The van der Waals surface area contributed by atoms with Gasteiger partial charge in [-0.15, -0.1) is 0 Å². The van der Waals surface area contributed by atoms with Crippen LogP contribution in [0.1, 0.15) is 39.0 Å². The van der Waals surface area contributed by atoms with E-state index in [0.29, 0.717) is 0 Å². The van der Waals surface area contributed by atoms with Crippen LogP contribution in [0.2, 0.25) is 0 Å². The largest absolute Gasteiger partial charge is 0.494 e. The number of nitrogens with zero attached hydrogens (tertiary/aromatic N) is 1. The van der Waals surface area contributed by atoms with Crippen molar-refractivity contribution in [2.45, 2.75) is 39.0 Å². The average Bonchev–Trinajstić information content (AvgIpc) is 2.43. The van der Waals surface area contributed by atoms with E-state index in [2.05, 4.69) is 43.4 Å². The molecule has 1 rings (SSSR count). The number of ether oxygens (including phenoxy) is 1. The Morgan fingerprint density at radius 2 is 1.90 bits per heavy atom. The molecule has 3 nitrogen and oxygen atoms in total. The Balaban J connectivity index is 2.22. The molecule has 0 aliphatic carbocycles. The summed E-state index contributed by atoms with van der Waals surface area (Å²) in [5, 5.41) is 3.41. The Morgan fingerprint density at radius 3 is 2.65 bits per heavy atom.